The maximum absolute atomic E-state index is 13.9. The molecule has 39 heavy (non-hydrogen) atoms. The lowest BCUT2D eigenvalue weighted by molar-refractivity contribution is -0.139. The SMILES string of the molecule is CC[C@@H](C)NC(=O)[C@H](C)N(Cc1ccc(Cl)cc1Cl)C(=O)CN(c1ccc(F)cc1)S(=O)(=O)c1ccccc1. The summed E-state index contributed by atoms with van der Waals surface area (Å²) in [5.41, 5.74) is 0.617. The largest absolute Gasteiger partial charge is 0.352 e. The second kappa shape index (κ2) is 13.3. The molecule has 0 fully saturated rings. The van der Waals surface area contributed by atoms with E-state index in [1.165, 1.54) is 35.2 Å². The van der Waals surface area contributed by atoms with Crippen molar-refractivity contribution in [1.82, 2.24) is 10.2 Å². The van der Waals surface area contributed by atoms with Gasteiger partial charge in [0.25, 0.3) is 10.0 Å². The van der Waals surface area contributed by atoms with E-state index in [-0.39, 0.29) is 23.2 Å². The first-order chi connectivity index (χ1) is 18.4. The maximum Gasteiger partial charge on any atom is 0.264 e. The molecule has 0 aliphatic carbocycles. The van der Waals surface area contributed by atoms with E-state index in [4.69, 9.17) is 23.2 Å². The molecule has 3 aromatic rings. The topological polar surface area (TPSA) is 86.8 Å². The molecule has 0 unspecified atom stereocenters. The van der Waals surface area contributed by atoms with Crippen molar-refractivity contribution in [3.05, 3.63) is 94.2 Å². The molecule has 0 spiro atoms. The first kappa shape index (κ1) is 30.4. The molecule has 0 saturated heterocycles. The zero-order valence-electron chi connectivity index (χ0n) is 21.8. The molecule has 0 saturated carbocycles. The number of amides is 2. The summed E-state index contributed by atoms with van der Waals surface area (Å²) in [5.74, 6) is -1.62. The van der Waals surface area contributed by atoms with Crippen molar-refractivity contribution in [2.75, 3.05) is 10.8 Å². The van der Waals surface area contributed by atoms with Crippen molar-refractivity contribution in [1.29, 1.82) is 0 Å². The standard InChI is InChI=1S/C28H30Cl2FN3O4S/c1-4-19(2)32-28(36)20(3)33(17-21-10-11-22(29)16-26(21)30)27(35)18-34(24-14-12-23(31)13-15-24)39(37,38)25-8-6-5-7-9-25/h5-16,19-20H,4,17-18H2,1-3H3,(H,32,36)/t19-,20+/m1/s1. The quantitative estimate of drug-likeness (QED) is 0.311. The Kier molecular flexibility index (Phi) is 10.4. The third-order valence-electron chi connectivity index (χ3n) is 6.25. The fourth-order valence-corrected chi connectivity index (χ4v) is 5.64. The van der Waals surface area contributed by atoms with Gasteiger partial charge in [0.05, 0.1) is 10.6 Å². The van der Waals surface area contributed by atoms with Crippen LogP contribution in [0.1, 0.15) is 32.8 Å². The van der Waals surface area contributed by atoms with Crippen molar-refractivity contribution < 1.29 is 22.4 Å². The summed E-state index contributed by atoms with van der Waals surface area (Å²) >= 11 is 12.4. The first-order valence-corrected chi connectivity index (χ1v) is 14.5. The number of carbonyl (C=O) groups is 2. The average Bonchev–Trinajstić information content (AvgIpc) is 2.91. The Morgan fingerprint density at radius 1 is 0.974 bits per heavy atom. The number of anilines is 1. The predicted octanol–water partition coefficient (Wildman–Crippen LogP) is 5.66. The Balaban J connectivity index is 2.03. The van der Waals surface area contributed by atoms with Gasteiger partial charge in [-0.1, -0.05) is 54.4 Å². The molecule has 0 heterocycles. The van der Waals surface area contributed by atoms with Crippen LogP contribution in [-0.2, 0) is 26.2 Å². The summed E-state index contributed by atoms with van der Waals surface area (Å²) in [6.07, 6.45) is 0.684. The summed E-state index contributed by atoms with van der Waals surface area (Å²) in [5, 5.41) is 3.56. The number of nitrogens with zero attached hydrogens (tertiary/aromatic N) is 2. The maximum atomic E-state index is 13.9. The van der Waals surface area contributed by atoms with Gasteiger partial charge in [0.1, 0.15) is 18.4 Å². The molecule has 3 aromatic carbocycles. The van der Waals surface area contributed by atoms with E-state index in [1.54, 1.807) is 37.3 Å². The van der Waals surface area contributed by atoms with Crippen molar-refractivity contribution in [3.8, 4) is 0 Å². The number of carbonyl (C=O) groups excluding carboxylic acids is 2. The van der Waals surface area contributed by atoms with Gasteiger partial charge in [0.2, 0.25) is 11.8 Å². The number of benzene rings is 3. The lowest BCUT2D eigenvalue weighted by atomic mass is 10.1. The van der Waals surface area contributed by atoms with Gasteiger partial charge in [0.15, 0.2) is 0 Å². The van der Waals surface area contributed by atoms with Gasteiger partial charge in [-0.25, -0.2) is 12.8 Å². The normalized spacial score (nSPS) is 12.9. The fraction of sp³-hybridized carbons (Fsp3) is 0.286. The predicted molar refractivity (Wildman–Crippen MR) is 152 cm³/mol. The van der Waals surface area contributed by atoms with Crippen LogP contribution in [0, 0.1) is 5.82 Å². The van der Waals surface area contributed by atoms with E-state index in [0.29, 0.717) is 22.0 Å². The Labute approximate surface area is 238 Å². The molecule has 11 heteroatoms. The number of nitrogens with one attached hydrogen (secondary N) is 1. The summed E-state index contributed by atoms with van der Waals surface area (Å²) in [6.45, 7) is 4.60. The third kappa shape index (κ3) is 7.71. The number of rotatable bonds is 11. The highest BCUT2D eigenvalue weighted by Crippen LogP contribution is 2.26. The van der Waals surface area contributed by atoms with Gasteiger partial charge < -0.3 is 10.2 Å². The molecular formula is C28H30Cl2FN3O4S. The lowest BCUT2D eigenvalue weighted by Crippen LogP contribution is -2.52. The summed E-state index contributed by atoms with van der Waals surface area (Å²) in [6, 6.07) is 16.1. The van der Waals surface area contributed by atoms with Crippen LogP contribution in [0.4, 0.5) is 10.1 Å². The van der Waals surface area contributed by atoms with Crippen LogP contribution < -0.4 is 9.62 Å². The number of hydrogen-bond donors (Lipinski definition) is 1. The molecule has 0 aliphatic rings. The summed E-state index contributed by atoms with van der Waals surface area (Å²) in [4.78, 5) is 28.1. The van der Waals surface area contributed by atoms with E-state index in [0.717, 1.165) is 16.4 Å². The molecule has 208 valence electrons. The van der Waals surface area contributed by atoms with Crippen LogP contribution in [0.5, 0.6) is 0 Å². The van der Waals surface area contributed by atoms with Gasteiger partial charge in [-0.3, -0.25) is 13.9 Å². The second-order valence-corrected chi connectivity index (χ2v) is 11.8. The number of hydrogen-bond acceptors (Lipinski definition) is 4. The zero-order chi connectivity index (χ0) is 28.7. The molecule has 0 bridgehead atoms. The Hall–Kier alpha value is -3.14. The number of halogens is 3. The lowest BCUT2D eigenvalue weighted by Gasteiger charge is -2.32. The van der Waals surface area contributed by atoms with Crippen LogP contribution in [0.2, 0.25) is 10.0 Å². The minimum absolute atomic E-state index is 0.0445. The smallest absolute Gasteiger partial charge is 0.264 e. The monoisotopic (exact) mass is 593 g/mol. The number of sulfonamides is 1. The van der Waals surface area contributed by atoms with E-state index in [9.17, 15) is 22.4 Å². The van der Waals surface area contributed by atoms with Crippen LogP contribution in [0.3, 0.4) is 0 Å². The van der Waals surface area contributed by atoms with Crippen LogP contribution in [0.15, 0.2) is 77.7 Å². The highest BCUT2D eigenvalue weighted by Gasteiger charge is 2.33. The van der Waals surface area contributed by atoms with Gasteiger partial charge in [0, 0.05) is 22.6 Å². The highest BCUT2D eigenvalue weighted by molar-refractivity contribution is 7.92. The van der Waals surface area contributed by atoms with Gasteiger partial charge in [-0.05, 0) is 74.4 Å². The van der Waals surface area contributed by atoms with E-state index >= 15 is 0 Å². The van der Waals surface area contributed by atoms with E-state index < -0.39 is 40.2 Å². The Bertz CT molecular complexity index is 1410. The molecule has 2 atom stereocenters. The van der Waals surface area contributed by atoms with Crippen LogP contribution in [-0.4, -0.2) is 43.8 Å². The van der Waals surface area contributed by atoms with Gasteiger partial charge in [-0.15, -0.1) is 0 Å². The minimum atomic E-state index is -4.23. The molecule has 2 amide bonds. The van der Waals surface area contributed by atoms with Crippen LogP contribution in [0.25, 0.3) is 0 Å². The second-order valence-electron chi connectivity index (χ2n) is 9.05. The zero-order valence-corrected chi connectivity index (χ0v) is 24.1. The molecular weight excluding hydrogens is 564 g/mol. The van der Waals surface area contributed by atoms with Crippen molar-refractivity contribution in [3.63, 3.8) is 0 Å². The van der Waals surface area contributed by atoms with Crippen molar-refractivity contribution in [2.24, 2.45) is 0 Å². The van der Waals surface area contributed by atoms with Gasteiger partial charge in [-0.2, -0.15) is 0 Å². The van der Waals surface area contributed by atoms with Crippen LogP contribution >= 0.6 is 23.2 Å². The molecule has 0 aromatic heterocycles. The summed E-state index contributed by atoms with van der Waals surface area (Å²) in [7, 11) is -4.23. The molecule has 0 aliphatic heterocycles. The molecule has 0 radical (unpaired) electrons. The average molecular weight is 595 g/mol. The highest BCUT2D eigenvalue weighted by atomic mass is 35.5. The minimum Gasteiger partial charge on any atom is -0.352 e. The van der Waals surface area contributed by atoms with Crippen molar-refractivity contribution in [2.45, 2.75) is 50.7 Å². The van der Waals surface area contributed by atoms with E-state index in [2.05, 4.69) is 5.32 Å². The summed E-state index contributed by atoms with van der Waals surface area (Å²) < 4.78 is 41.9. The van der Waals surface area contributed by atoms with Crippen molar-refractivity contribution >= 4 is 50.7 Å². The molecule has 1 N–H and O–H groups in total. The van der Waals surface area contributed by atoms with Gasteiger partial charge >= 0.3 is 0 Å². The fourth-order valence-electron chi connectivity index (χ4n) is 3.74. The Morgan fingerprint density at radius 2 is 1.62 bits per heavy atom. The Morgan fingerprint density at radius 3 is 2.21 bits per heavy atom. The first-order valence-electron chi connectivity index (χ1n) is 12.3. The van der Waals surface area contributed by atoms with E-state index in [1.807, 2.05) is 13.8 Å². The third-order valence-corrected chi connectivity index (χ3v) is 8.62. The molecule has 7 nitrogen and oxygen atoms in total. The molecule has 3 rings (SSSR count).